The van der Waals surface area contributed by atoms with Crippen molar-refractivity contribution in [2.45, 2.75) is 13.0 Å². The molecule has 31 heavy (non-hydrogen) atoms. The maximum Gasteiger partial charge on any atom is 0.326 e. The Kier molecular flexibility index (Phi) is 5.77. The van der Waals surface area contributed by atoms with E-state index >= 15 is 0 Å². The monoisotopic (exact) mass is 439 g/mol. The van der Waals surface area contributed by atoms with Crippen molar-refractivity contribution in [2.75, 3.05) is 18.0 Å². The lowest BCUT2D eigenvalue weighted by Crippen LogP contribution is -2.29. The molecule has 160 valence electrons. The highest BCUT2D eigenvalue weighted by Gasteiger charge is 2.35. The van der Waals surface area contributed by atoms with Crippen molar-refractivity contribution >= 4 is 21.8 Å². The second-order valence-electron chi connectivity index (χ2n) is 6.96. The Morgan fingerprint density at radius 3 is 2.55 bits per heavy atom. The molecule has 1 fully saturated rings. The first-order chi connectivity index (χ1) is 14.9. The zero-order valence-corrected chi connectivity index (χ0v) is 17.6. The van der Waals surface area contributed by atoms with Crippen molar-refractivity contribution in [1.82, 2.24) is 9.71 Å². The van der Waals surface area contributed by atoms with Gasteiger partial charge in [0.1, 0.15) is 18.9 Å². The fraction of sp³-hybridized carbons (Fsp3) is 0.182. The van der Waals surface area contributed by atoms with E-state index in [2.05, 4.69) is 4.98 Å². The molecule has 3 aromatic rings. The van der Waals surface area contributed by atoms with E-state index in [1.54, 1.807) is 31.4 Å². The number of pyridine rings is 1. The molecular weight excluding hydrogens is 418 g/mol. The average molecular weight is 439 g/mol. The minimum absolute atomic E-state index is 0.254. The van der Waals surface area contributed by atoms with Gasteiger partial charge in [0, 0.05) is 18.2 Å². The van der Waals surface area contributed by atoms with Crippen molar-refractivity contribution < 1.29 is 22.7 Å². The molecule has 0 unspecified atom stereocenters. The van der Waals surface area contributed by atoms with Crippen LogP contribution in [0.15, 0.2) is 66.7 Å². The van der Waals surface area contributed by atoms with Crippen LogP contribution in [0.3, 0.4) is 0 Å². The van der Waals surface area contributed by atoms with Gasteiger partial charge in [0.15, 0.2) is 0 Å². The van der Waals surface area contributed by atoms with E-state index in [-0.39, 0.29) is 13.2 Å². The van der Waals surface area contributed by atoms with Crippen LogP contribution in [0, 0.1) is 0 Å². The molecule has 1 saturated heterocycles. The molecule has 0 bridgehead atoms. The van der Waals surface area contributed by atoms with Crippen LogP contribution in [0.25, 0.3) is 0 Å². The third-order valence-electron chi connectivity index (χ3n) is 4.73. The van der Waals surface area contributed by atoms with Crippen LogP contribution in [-0.4, -0.2) is 33.0 Å². The molecular formula is C22H21N3O5S. The first-order valence-corrected chi connectivity index (χ1v) is 11.0. The zero-order valence-electron chi connectivity index (χ0n) is 16.8. The van der Waals surface area contributed by atoms with Gasteiger partial charge in [-0.3, -0.25) is 4.79 Å². The Hall–Kier alpha value is -3.59. The number of hydrogen-bond acceptors (Lipinski definition) is 6. The molecule has 4 rings (SSSR count). The number of ether oxygens (including phenoxy) is 2. The average Bonchev–Trinajstić information content (AvgIpc) is 3.05. The topological polar surface area (TPSA) is 97.8 Å². The van der Waals surface area contributed by atoms with Gasteiger partial charge >= 0.3 is 10.2 Å². The van der Waals surface area contributed by atoms with Crippen molar-refractivity contribution in [2.24, 2.45) is 0 Å². The first-order valence-electron chi connectivity index (χ1n) is 9.57. The number of nitrogens with one attached hydrogen (secondary N) is 1. The van der Waals surface area contributed by atoms with Crippen LogP contribution in [-0.2, 0) is 28.0 Å². The standard InChI is InChI=1S/C22H21N3O5S/c1-29-22-9-5-8-18(23-22)12-17-10-11-19(25-14-21(26)24-31(25,27)28)20(13-17)30-15-16-6-3-2-4-7-16/h2-11,13H,12,14-15H2,1H3,(H,24,26). The molecule has 8 nitrogen and oxygen atoms in total. The van der Waals surface area contributed by atoms with Crippen LogP contribution in [0.2, 0.25) is 0 Å². The largest absolute Gasteiger partial charge is 0.487 e. The van der Waals surface area contributed by atoms with E-state index in [9.17, 15) is 13.2 Å². The molecule has 0 saturated carbocycles. The molecule has 0 atom stereocenters. The second-order valence-corrected chi connectivity index (χ2v) is 8.56. The van der Waals surface area contributed by atoms with E-state index in [0.29, 0.717) is 23.7 Å². The Morgan fingerprint density at radius 1 is 1.03 bits per heavy atom. The number of aromatic nitrogens is 1. The van der Waals surface area contributed by atoms with Gasteiger partial charge in [0.05, 0.1) is 12.8 Å². The molecule has 0 aliphatic carbocycles. The lowest BCUT2D eigenvalue weighted by atomic mass is 10.1. The summed E-state index contributed by atoms with van der Waals surface area (Å²) in [6.07, 6.45) is 0.503. The smallest absolute Gasteiger partial charge is 0.326 e. The normalized spacial score (nSPS) is 14.9. The summed E-state index contributed by atoms with van der Waals surface area (Å²) in [6.45, 7) is -0.0369. The van der Waals surface area contributed by atoms with Gasteiger partial charge in [0.25, 0.3) is 5.91 Å². The minimum atomic E-state index is -3.95. The van der Waals surface area contributed by atoms with Gasteiger partial charge < -0.3 is 9.47 Å². The molecule has 0 radical (unpaired) electrons. The summed E-state index contributed by atoms with van der Waals surface area (Å²) in [4.78, 5) is 16.1. The van der Waals surface area contributed by atoms with E-state index in [0.717, 1.165) is 21.1 Å². The summed E-state index contributed by atoms with van der Waals surface area (Å²) in [7, 11) is -2.39. The van der Waals surface area contributed by atoms with Gasteiger partial charge in [-0.25, -0.2) is 14.0 Å². The molecule has 9 heteroatoms. The van der Waals surface area contributed by atoms with Gasteiger partial charge in [-0.05, 0) is 29.3 Å². The summed E-state index contributed by atoms with van der Waals surface area (Å²) in [5, 5.41) is 0. The Balaban J connectivity index is 1.66. The number of carbonyl (C=O) groups excluding carboxylic acids is 1. The highest BCUT2D eigenvalue weighted by molar-refractivity contribution is 7.92. The number of hydrogen-bond donors (Lipinski definition) is 1. The molecule has 2 heterocycles. The van der Waals surface area contributed by atoms with Crippen LogP contribution in [0.4, 0.5) is 5.69 Å². The molecule has 1 N–H and O–H groups in total. The Labute approximate surface area is 180 Å². The van der Waals surface area contributed by atoms with Crippen LogP contribution in [0.1, 0.15) is 16.8 Å². The maximum atomic E-state index is 12.4. The van der Waals surface area contributed by atoms with Gasteiger partial charge in [-0.15, -0.1) is 0 Å². The van der Waals surface area contributed by atoms with Gasteiger partial charge in [-0.2, -0.15) is 8.42 Å². The second kappa shape index (κ2) is 8.65. The van der Waals surface area contributed by atoms with Crippen molar-refractivity contribution in [3.8, 4) is 11.6 Å². The minimum Gasteiger partial charge on any atom is -0.487 e. The SMILES string of the molecule is COc1cccc(Cc2ccc(N3CC(=O)NS3(=O)=O)c(OCc3ccccc3)c2)n1. The fourth-order valence-electron chi connectivity index (χ4n) is 3.27. The molecule has 2 aromatic carbocycles. The summed E-state index contributed by atoms with van der Waals surface area (Å²) in [5.41, 5.74) is 2.92. The first kappa shape index (κ1) is 20.7. The van der Waals surface area contributed by atoms with Crippen LogP contribution < -0.4 is 18.5 Å². The number of rotatable bonds is 7. The third-order valence-corrected chi connectivity index (χ3v) is 6.12. The van der Waals surface area contributed by atoms with E-state index in [1.165, 1.54) is 0 Å². The lowest BCUT2D eigenvalue weighted by molar-refractivity contribution is -0.117. The molecule has 1 aliphatic heterocycles. The molecule has 1 aromatic heterocycles. The van der Waals surface area contributed by atoms with Crippen molar-refractivity contribution in [3.63, 3.8) is 0 Å². The quantitative estimate of drug-likeness (QED) is 0.607. The summed E-state index contributed by atoms with van der Waals surface area (Å²) in [6, 6.07) is 20.3. The highest BCUT2D eigenvalue weighted by Crippen LogP contribution is 2.33. The van der Waals surface area contributed by atoms with E-state index in [4.69, 9.17) is 9.47 Å². The third kappa shape index (κ3) is 4.77. The van der Waals surface area contributed by atoms with Crippen molar-refractivity contribution in [3.05, 3.63) is 83.6 Å². The number of methoxy groups -OCH3 is 1. The molecule has 1 aliphatic rings. The van der Waals surface area contributed by atoms with E-state index in [1.807, 2.05) is 47.2 Å². The summed E-state index contributed by atoms with van der Waals surface area (Å²) < 4.78 is 38.9. The van der Waals surface area contributed by atoms with Crippen LogP contribution in [0.5, 0.6) is 11.6 Å². The fourth-order valence-corrected chi connectivity index (χ4v) is 4.43. The maximum absolute atomic E-state index is 12.4. The predicted octanol–water partition coefficient (Wildman–Crippen LogP) is 2.44. The Morgan fingerprint density at radius 2 is 1.84 bits per heavy atom. The predicted molar refractivity (Wildman–Crippen MR) is 115 cm³/mol. The van der Waals surface area contributed by atoms with E-state index < -0.39 is 16.1 Å². The Bertz CT molecular complexity index is 1200. The number of carbonyl (C=O) groups is 1. The lowest BCUT2D eigenvalue weighted by Gasteiger charge is -2.20. The number of nitrogens with zero attached hydrogens (tertiary/aromatic N) is 2. The van der Waals surface area contributed by atoms with Crippen LogP contribution >= 0.6 is 0 Å². The molecule has 1 amide bonds. The molecule has 0 spiro atoms. The number of benzene rings is 2. The van der Waals surface area contributed by atoms with Gasteiger partial charge in [-0.1, -0.05) is 42.5 Å². The zero-order chi connectivity index (χ0) is 21.8. The summed E-state index contributed by atoms with van der Waals surface area (Å²) >= 11 is 0. The number of anilines is 1. The number of amides is 1. The summed E-state index contributed by atoms with van der Waals surface area (Å²) in [5.74, 6) is 0.297. The van der Waals surface area contributed by atoms with Crippen molar-refractivity contribution in [1.29, 1.82) is 0 Å². The van der Waals surface area contributed by atoms with Gasteiger partial charge in [0.2, 0.25) is 5.88 Å². The highest BCUT2D eigenvalue weighted by atomic mass is 32.2.